The number of nitrogens with zero attached hydrogens (tertiary/aromatic N) is 2. The number of benzene rings is 1. The minimum absolute atomic E-state index is 0.0635. The number of nitrogen functional groups attached to an aromatic ring is 1. The molecule has 19 heavy (non-hydrogen) atoms. The number of nitrogens with two attached hydrogens (primary N) is 1. The van der Waals surface area contributed by atoms with Crippen LogP contribution in [0.1, 0.15) is 25.8 Å². The lowest BCUT2D eigenvalue weighted by atomic mass is 9.95. The predicted octanol–water partition coefficient (Wildman–Crippen LogP) is 2.88. The molecular formula is C15H20N4. The Hall–Kier alpha value is -2.10. The summed E-state index contributed by atoms with van der Waals surface area (Å²) in [6.45, 7) is 4.30. The van der Waals surface area contributed by atoms with Gasteiger partial charge in [0.2, 0.25) is 5.95 Å². The van der Waals surface area contributed by atoms with Crippen LogP contribution in [-0.4, -0.2) is 15.5 Å². The second-order valence-electron chi connectivity index (χ2n) is 5.33. The standard InChI is InChI=1S/C15H20N4/c1-15(2,9-8-12-6-4-3-5-7-12)19-14-17-10-13(16)11-18-14/h3-7,10-11H,8-9,16H2,1-2H3,(H,17,18,19). The first-order valence-corrected chi connectivity index (χ1v) is 6.45. The molecule has 0 aliphatic carbocycles. The normalized spacial score (nSPS) is 11.3. The second kappa shape index (κ2) is 5.69. The van der Waals surface area contributed by atoms with Gasteiger partial charge in [0.05, 0.1) is 18.1 Å². The Balaban J connectivity index is 1.93. The number of rotatable bonds is 5. The molecule has 0 spiro atoms. The molecule has 1 aromatic carbocycles. The molecule has 1 aromatic heterocycles. The van der Waals surface area contributed by atoms with Crippen LogP contribution in [0.2, 0.25) is 0 Å². The molecule has 2 aromatic rings. The minimum Gasteiger partial charge on any atom is -0.396 e. The zero-order valence-electron chi connectivity index (χ0n) is 11.4. The van der Waals surface area contributed by atoms with Crippen molar-refractivity contribution in [3.63, 3.8) is 0 Å². The highest BCUT2D eigenvalue weighted by Gasteiger charge is 2.18. The summed E-state index contributed by atoms with van der Waals surface area (Å²) in [5.74, 6) is 0.618. The molecule has 0 bridgehead atoms. The van der Waals surface area contributed by atoms with Crippen molar-refractivity contribution in [1.29, 1.82) is 0 Å². The fraction of sp³-hybridized carbons (Fsp3) is 0.333. The zero-order valence-corrected chi connectivity index (χ0v) is 11.4. The maximum absolute atomic E-state index is 5.57. The summed E-state index contributed by atoms with van der Waals surface area (Å²) < 4.78 is 0. The summed E-state index contributed by atoms with van der Waals surface area (Å²) >= 11 is 0. The van der Waals surface area contributed by atoms with E-state index in [0.29, 0.717) is 11.6 Å². The molecule has 0 aliphatic heterocycles. The van der Waals surface area contributed by atoms with Gasteiger partial charge in [-0.1, -0.05) is 30.3 Å². The highest BCUT2D eigenvalue weighted by Crippen LogP contribution is 2.18. The van der Waals surface area contributed by atoms with Crippen molar-refractivity contribution in [3.05, 3.63) is 48.3 Å². The van der Waals surface area contributed by atoms with Crippen LogP contribution < -0.4 is 11.1 Å². The summed E-state index contributed by atoms with van der Waals surface area (Å²) in [5.41, 5.74) is 7.43. The summed E-state index contributed by atoms with van der Waals surface area (Å²) in [6, 6.07) is 10.5. The molecular weight excluding hydrogens is 236 g/mol. The van der Waals surface area contributed by atoms with Gasteiger partial charge in [0, 0.05) is 5.54 Å². The monoisotopic (exact) mass is 256 g/mol. The molecule has 100 valence electrons. The Bertz CT molecular complexity index is 505. The van der Waals surface area contributed by atoms with Crippen LogP contribution >= 0.6 is 0 Å². The molecule has 0 radical (unpaired) electrons. The van der Waals surface area contributed by atoms with Crippen LogP contribution in [0, 0.1) is 0 Å². The van der Waals surface area contributed by atoms with Crippen LogP contribution in [0.5, 0.6) is 0 Å². The van der Waals surface area contributed by atoms with Crippen LogP contribution in [0.4, 0.5) is 11.6 Å². The molecule has 0 atom stereocenters. The third-order valence-electron chi connectivity index (χ3n) is 3.00. The van der Waals surface area contributed by atoms with Gasteiger partial charge in [-0.15, -0.1) is 0 Å². The fourth-order valence-electron chi connectivity index (χ4n) is 1.87. The van der Waals surface area contributed by atoms with Gasteiger partial charge in [0.15, 0.2) is 0 Å². The van der Waals surface area contributed by atoms with Crippen LogP contribution in [0.25, 0.3) is 0 Å². The van der Waals surface area contributed by atoms with Crippen molar-refractivity contribution in [3.8, 4) is 0 Å². The molecule has 2 rings (SSSR count). The maximum atomic E-state index is 5.57. The van der Waals surface area contributed by atoms with Gasteiger partial charge >= 0.3 is 0 Å². The zero-order chi connectivity index (χ0) is 13.7. The average Bonchev–Trinajstić information content (AvgIpc) is 2.40. The van der Waals surface area contributed by atoms with E-state index < -0.39 is 0 Å². The molecule has 0 fully saturated rings. The molecule has 0 amide bonds. The number of hydrogen-bond acceptors (Lipinski definition) is 4. The lowest BCUT2D eigenvalue weighted by Gasteiger charge is -2.26. The Kier molecular flexibility index (Phi) is 4.00. The number of aryl methyl sites for hydroxylation is 1. The van der Waals surface area contributed by atoms with Crippen molar-refractivity contribution >= 4 is 11.6 Å². The summed E-state index contributed by atoms with van der Waals surface area (Å²) in [4.78, 5) is 8.34. The van der Waals surface area contributed by atoms with Crippen molar-refractivity contribution in [1.82, 2.24) is 9.97 Å². The smallest absolute Gasteiger partial charge is 0.223 e. The Morgan fingerprint density at radius 2 is 1.74 bits per heavy atom. The molecule has 4 heteroatoms. The molecule has 0 aliphatic rings. The summed E-state index contributed by atoms with van der Waals surface area (Å²) in [6.07, 6.45) is 5.26. The van der Waals surface area contributed by atoms with Crippen molar-refractivity contribution in [2.75, 3.05) is 11.1 Å². The maximum Gasteiger partial charge on any atom is 0.223 e. The van der Waals surface area contributed by atoms with E-state index in [9.17, 15) is 0 Å². The molecule has 3 N–H and O–H groups in total. The summed E-state index contributed by atoms with van der Waals surface area (Å²) in [5, 5.41) is 3.34. The molecule has 0 unspecified atom stereocenters. The number of hydrogen-bond donors (Lipinski definition) is 2. The number of anilines is 2. The van der Waals surface area contributed by atoms with E-state index in [1.165, 1.54) is 5.56 Å². The minimum atomic E-state index is -0.0635. The summed E-state index contributed by atoms with van der Waals surface area (Å²) in [7, 11) is 0. The van der Waals surface area contributed by atoms with Crippen molar-refractivity contribution < 1.29 is 0 Å². The van der Waals surface area contributed by atoms with Gasteiger partial charge in [-0.3, -0.25) is 0 Å². The molecule has 1 heterocycles. The van der Waals surface area contributed by atoms with Crippen LogP contribution in [-0.2, 0) is 6.42 Å². The SMILES string of the molecule is CC(C)(CCc1ccccc1)Nc1ncc(N)cn1. The van der Waals surface area contributed by atoms with E-state index in [-0.39, 0.29) is 5.54 Å². The molecule has 0 saturated heterocycles. The second-order valence-corrected chi connectivity index (χ2v) is 5.33. The van der Waals surface area contributed by atoms with Crippen LogP contribution in [0.15, 0.2) is 42.7 Å². The average molecular weight is 256 g/mol. The predicted molar refractivity (Wildman–Crippen MR) is 78.9 cm³/mol. The Labute approximate surface area is 114 Å². The van der Waals surface area contributed by atoms with E-state index in [0.717, 1.165) is 12.8 Å². The quantitative estimate of drug-likeness (QED) is 0.863. The van der Waals surface area contributed by atoms with Gasteiger partial charge in [0.1, 0.15) is 0 Å². The first-order chi connectivity index (χ1) is 9.05. The largest absolute Gasteiger partial charge is 0.396 e. The van der Waals surface area contributed by atoms with Gasteiger partial charge in [0.25, 0.3) is 0 Å². The molecule has 0 saturated carbocycles. The molecule has 4 nitrogen and oxygen atoms in total. The van der Waals surface area contributed by atoms with Crippen molar-refractivity contribution in [2.45, 2.75) is 32.2 Å². The topological polar surface area (TPSA) is 63.8 Å². The fourth-order valence-corrected chi connectivity index (χ4v) is 1.87. The third kappa shape index (κ3) is 4.25. The van der Waals surface area contributed by atoms with Gasteiger partial charge < -0.3 is 11.1 Å². The lowest BCUT2D eigenvalue weighted by molar-refractivity contribution is 0.514. The first kappa shape index (κ1) is 13.3. The van der Waals surface area contributed by atoms with Crippen molar-refractivity contribution in [2.24, 2.45) is 0 Å². The van der Waals surface area contributed by atoms with Gasteiger partial charge in [-0.05, 0) is 32.3 Å². The number of aromatic nitrogens is 2. The number of nitrogens with one attached hydrogen (secondary N) is 1. The van der Waals surface area contributed by atoms with Gasteiger partial charge in [-0.2, -0.15) is 0 Å². The van der Waals surface area contributed by atoms with Crippen LogP contribution in [0.3, 0.4) is 0 Å². The van der Waals surface area contributed by atoms with E-state index >= 15 is 0 Å². The highest BCUT2D eigenvalue weighted by atomic mass is 15.1. The van der Waals surface area contributed by atoms with E-state index in [1.54, 1.807) is 12.4 Å². The Morgan fingerprint density at radius 3 is 2.37 bits per heavy atom. The highest BCUT2D eigenvalue weighted by molar-refractivity contribution is 5.37. The van der Waals surface area contributed by atoms with E-state index in [1.807, 2.05) is 6.07 Å². The van der Waals surface area contributed by atoms with E-state index in [4.69, 9.17) is 5.73 Å². The lowest BCUT2D eigenvalue weighted by Crippen LogP contribution is -2.32. The first-order valence-electron chi connectivity index (χ1n) is 6.45. The third-order valence-corrected chi connectivity index (χ3v) is 3.00. The Morgan fingerprint density at radius 1 is 1.11 bits per heavy atom. The van der Waals surface area contributed by atoms with E-state index in [2.05, 4.69) is 53.4 Å². The van der Waals surface area contributed by atoms with Gasteiger partial charge in [-0.25, -0.2) is 9.97 Å².